The van der Waals surface area contributed by atoms with Crippen molar-refractivity contribution in [2.24, 2.45) is 0 Å². The summed E-state index contributed by atoms with van der Waals surface area (Å²) >= 11 is 0.964. The van der Waals surface area contributed by atoms with Gasteiger partial charge in [0.05, 0.1) is 31.0 Å². The van der Waals surface area contributed by atoms with E-state index >= 15 is 0 Å². The van der Waals surface area contributed by atoms with Gasteiger partial charge >= 0.3 is 5.97 Å². The first-order valence-corrected chi connectivity index (χ1v) is 12.0. The lowest BCUT2D eigenvalue weighted by Crippen LogP contribution is -2.30. The number of hydrogen-bond acceptors (Lipinski definition) is 8. The number of aliphatic hydroxyl groups excluding tert-OH is 1. The van der Waals surface area contributed by atoms with Gasteiger partial charge in [-0.3, -0.25) is 14.5 Å². The SMILES string of the molecule is CCOC(=O)c1sc(N2C(=O)C(O)=C(C(=O)/C=C/c3ccccc3)C2c2cccc(OC)c2)nc1C. The fourth-order valence-corrected chi connectivity index (χ4v) is 4.87. The Hall–Kier alpha value is -4.24. The van der Waals surface area contributed by atoms with Gasteiger partial charge in [-0.05, 0) is 43.2 Å². The second-order valence-corrected chi connectivity index (χ2v) is 8.83. The molecule has 0 saturated carbocycles. The largest absolute Gasteiger partial charge is 0.503 e. The number of methoxy groups -OCH3 is 1. The highest BCUT2D eigenvalue weighted by molar-refractivity contribution is 7.17. The molecular formula is C27H24N2O6S. The van der Waals surface area contributed by atoms with Crippen LogP contribution in [-0.2, 0) is 14.3 Å². The number of thiazole rings is 1. The van der Waals surface area contributed by atoms with Crippen LogP contribution in [0.5, 0.6) is 5.75 Å². The Morgan fingerprint density at radius 1 is 1.17 bits per heavy atom. The second kappa shape index (κ2) is 10.6. The van der Waals surface area contributed by atoms with Gasteiger partial charge in [-0.15, -0.1) is 0 Å². The van der Waals surface area contributed by atoms with Crippen LogP contribution < -0.4 is 9.64 Å². The minimum Gasteiger partial charge on any atom is -0.503 e. The summed E-state index contributed by atoms with van der Waals surface area (Å²) in [6.07, 6.45) is 2.94. The molecule has 184 valence electrons. The molecule has 1 unspecified atom stereocenters. The fraction of sp³-hybridized carbons (Fsp3) is 0.185. The quantitative estimate of drug-likeness (QED) is 0.346. The number of nitrogens with zero attached hydrogens (tertiary/aromatic N) is 2. The number of aryl methyl sites for hydroxylation is 1. The molecule has 0 fully saturated rings. The van der Waals surface area contributed by atoms with E-state index in [4.69, 9.17) is 9.47 Å². The van der Waals surface area contributed by atoms with Crippen molar-refractivity contribution in [3.63, 3.8) is 0 Å². The van der Waals surface area contributed by atoms with Crippen molar-refractivity contribution in [1.29, 1.82) is 0 Å². The Bertz CT molecular complexity index is 1380. The molecule has 0 radical (unpaired) electrons. The molecule has 4 rings (SSSR count). The van der Waals surface area contributed by atoms with Crippen molar-refractivity contribution in [2.45, 2.75) is 19.9 Å². The van der Waals surface area contributed by atoms with Gasteiger partial charge in [0, 0.05) is 0 Å². The normalized spacial score (nSPS) is 15.6. The van der Waals surface area contributed by atoms with E-state index in [1.807, 2.05) is 30.3 Å². The molecule has 36 heavy (non-hydrogen) atoms. The van der Waals surface area contributed by atoms with Crippen molar-refractivity contribution in [3.05, 3.63) is 93.7 Å². The number of anilines is 1. The Labute approximate surface area is 212 Å². The van der Waals surface area contributed by atoms with Gasteiger partial charge in [0.1, 0.15) is 10.6 Å². The van der Waals surface area contributed by atoms with E-state index in [-0.39, 0.29) is 22.2 Å². The van der Waals surface area contributed by atoms with Crippen LogP contribution in [-0.4, -0.2) is 41.5 Å². The molecule has 1 aromatic heterocycles. The smallest absolute Gasteiger partial charge is 0.350 e. The zero-order valence-corrected chi connectivity index (χ0v) is 20.7. The Kier molecular flexibility index (Phi) is 7.30. The van der Waals surface area contributed by atoms with E-state index in [1.54, 1.807) is 44.2 Å². The Balaban J connectivity index is 1.80. The van der Waals surface area contributed by atoms with Crippen LogP contribution in [0.1, 0.15) is 39.5 Å². The van der Waals surface area contributed by atoms with Gasteiger partial charge in [-0.25, -0.2) is 9.78 Å². The summed E-state index contributed by atoms with van der Waals surface area (Å²) in [4.78, 5) is 44.9. The molecule has 0 spiro atoms. The number of benzene rings is 2. The van der Waals surface area contributed by atoms with Crippen LogP contribution >= 0.6 is 11.3 Å². The highest BCUT2D eigenvalue weighted by Gasteiger charge is 2.45. The standard InChI is InChI=1S/C27H24N2O6S/c1-4-35-26(33)24-16(2)28-27(36-24)29-22(18-11-8-12-19(15-18)34-3)21(23(31)25(29)32)20(30)14-13-17-9-6-5-7-10-17/h5-15,22,31H,4H2,1-3H3/b14-13+. The zero-order valence-electron chi connectivity index (χ0n) is 19.9. The zero-order chi connectivity index (χ0) is 25.8. The average molecular weight is 505 g/mol. The Morgan fingerprint density at radius 3 is 2.61 bits per heavy atom. The van der Waals surface area contributed by atoms with Crippen molar-refractivity contribution in [3.8, 4) is 5.75 Å². The van der Waals surface area contributed by atoms with Crippen LogP contribution in [0.25, 0.3) is 6.08 Å². The van der Waals surface area contributed by atoms with E-state index in [1.165, 1.54) is 18.1 Å². The predicted molar refractivity (Wildman–Crippen MR) is 136 cm³/mol. The minimum absolute atomic E-state index is 0.0917. The second-order valence-electron chi connectivity index (χ2n) is 7.86. The third-order valence-corrected chi connectivity index (χ3v) is 6.70. The van der Waals surface area contributed by atoms with E-state index < -0.39 is 29.5 Å². The summed E-state index contributed by atoms with van der Waals surface area (Å²) < 4.78 is 10.4. The summed E-state index contributed by atoms with van der Waals surface area (Å²) in [5, 5.41) is 11.0. The molecule has 1 atom stereocenters. The average Bonchev–Trinajstić information content (AvgIpc) is 3.40. The number of aromatic nitrogens is 1. The molecule has 0 aliphatic carbocycles. The molecule has 1 amide bonds. The fourth-order valence-electron chi connectivity index (χ4n) is 3.88. The van der Waals surface area contributed by atoms with Gasteiger partial charge in [-0.1, -0.05) is 59.9 Å². The van der Waals surface area contributed by atoms with E-state index in [9.17, 15) is 19.5 Å². The topological polar surface area (TPSA) is 106 Å². The van der Waals surface area contributed by atoms with Crippen LogP contribution in [0, 0.1) is 6.92 Å². The van der Waals surface area contributed by atoms with Gasteiger partial charge in [-0.2, -0.15) is 0 Å². The predicted octanol–water partition coefficient (Wildman–Crippen LogP) is 4.82. The molecule has 0 saturated heterocycles. The molecule has 1 N–H and O–H groups in total. The number of ketones is 1. The first kappa shape index (κ1) is 24.9. The lowest BCUT2D eigenvalue weighted by Gasteiger charge is -2.24. The van der Waals surface area contributed by atoms with Crippen LogP contribution in [0.15, 0.2) is 72.0 Å². The van der Waals surface area contributed by atoms with Gasteiger partial charge in [0.2, 0.25) is 0 Å². The number of ether oxygens (including phenoxy) is 2. The molecule has 2 aromatic carbocycles. The number of carbonyl (C=O) groups is 3. The van der Waals surface area contributed by atoms with Crippen molar-refractivity contribution in [1.82, 2.24) is 4.98 Å². The number of amides is 1. The molecule has 2 heterocycles. The van der Waals surface area contributed by atoms with Crippen molar-refractivity contribution in [2.75, 3.05) is 18.6 Å². The van der Waals surface area contributed by atoms with E-state index in [2.05, 4.69) is 4.98 Å². The van der Waals surface area contributed by atoms with E-state index in [0.717, 1.165) is 16.9 Å². The van der Waals surface area contributed by atoms with Crippen LogP contribution in [0.4, 0.5) is 5.13 Å². The lowest BCUT2D eigenvalue weighted by atomic mass is 9.95. The first-order chi connectivity index (χ1) is 17.3. The maximum Gasteiger partial charge on any atom is 0.350 e. The minimum atomic E-state index is -0.985. The molecule has 9 heteroatoms. The highest BCUT2D eigenvalue weighted by atomic mass is 32.1. The third kappa shape index (κ3) is 4.78. The lowest BCUT2D eigenvalue weighted by molar-refractivity contribution is -0.117. The number of esters is 1. The highest BCUT2D eigenvalue weighted by Crippen LogP contribution is 2.43. The summed E-state index contributed by atoms with van der Waals surface area (Å²) in [5.41, 5.74) is 1.62. The maximum atomic E-state index is 13.3. The van der Waals surface area contributed by atoms with Gasteiger partial charge < -0.3 is 14.6 Å². The van der Waals surface area contributed by atoms with Gasteiger partial charge in [0.15, 0.2) is 16.7 Å². The molecule has 3 aromatic rings. The summed E-state index contributed by atoms with van der Waals surface area (Å²) in [7, 11) is 1.51. The Morgan fingerprint density at radius 2 is 1.92 bits per heavy atom. The third-order valence-electron chi connectivity index (χ3n) is 5.56. The number of aliphatic hydroxyl groups is 1. The summed E-state index contributed by atoms with van der Waals surface area (Å²) in [5.74, 6) is -2.03. The summed E-state index contributed by atoms with van der Waals surface area (Å²) in [6.45, 7) is 3.52. The molecule has 1 aliphatic heterocycles. The molecular weight excluding hydrogens is 480 g/mol. The number of carbonyl (C=O) groups excluding carboxylic acids is 3. The number of hydrogen-bond donors (Lipinski definition) is 1. The van der Waals surface area contributed by atoms with Crippen LogP contribution in [0.2, 0.25) is 0 Å². The number of allylic oxidation sites excluding steroid dienone is 1. The number of rotatable bonds is 8. The van der Waals surface area contributed by atoms with Gasteiger partial charge in [0.25, 0.3) is 5.91 Å². The monoisotopic (exact) mass is 504 g/mol. The van der Waals surface area contributed by atoms with Crippen LogP contribution in [0.3, 0.4) is 0 Å². The van der Waals surface area contributed by atoms with Crippen molar-refractivity contribution < 1.29 is 29.0 Å². The maximum absolute atomic E-state index is 13.3. The van der Waals surface area contributed by atoms with E-state index in [0.29, 0.717) is 17.0 Å². The molecule has 8 nitrogen and oxygen atoms in total. The van der Waals surface area contributed by atoms with Crippen molar-refractivity contribution >= 4 is 40.2 Å². The first-order valence-electron chi connectivity index (χ1n) is 11.2. The summed E-state index contributed by atoms with van der Waals surface area (Å²) in [6, 6.07) is 15.1. The molecule has 1 aliphatic rings. The molecule has 0 bridgehead atoms.